The van der Waals surface area contributed by atoms with E-state index >= 15 is 0 Å². The largest absolute Gasteiger partial charge is 0.496 e. The van der Waals surface area contributed by atoms with E-state index in [1.807, 2.05) is 6.92 Å². The molecule has 0 aliphatic carbocycles. The number of aromatic nitrogens is 1. The van der Waals surface area contributed by atoms with Gasteiger partial charge in [0, 0.05) is 28.9 Å². The van der Waals surface area contributed by atoms with E-state index in [0.29, 0.717) is 21.5 Å². The van der Waals surface area contributed by atoms with Crippen molar-refractivity contribution in [1.29, 1.82) is 0 Å². The van der Waals surface area contributed by atoms with E-state index in [1.54, 1.807) is 24.4 Å². The fourth-order valence-electron chi connectivity index (χ4n) is 1.85. The second-order valence-electron chi connectivity index (χ2n) is 4.59. The highest BCUT2D eigenvalue weighted by Gasteiger charge is 2.15. The van der Waals surface area contributed by atoms with Gasteiger partial charge in [-0.05, 0) is 25.1 Å². The lowest BCUT2D eigenvalue weighted by atomic mass is 10.1. The highest BCUT2D eigenvalue weighted by atomic mass is 35.5. The zero-order chi connectivity index (χ0) is 16.1. The maximum atomic E-state index is 12.2. The zero-order valence-corrected chi connectivity index (χ0v) is 13.8. The maximum absolute atomic E-state index is 12.2. The molecule has 0 radical (unpaired) electrons. The van der Waals surface area contributed by atoms with Crippen molar-refractivity contribution in [2.75, 3.05) is 12.4 Å². The number of ether oxygens (including phenoxy) is 1. The molecule has 0 saturated heterocycles. The van der Waals surface area contributed by atoms with Crippen molar-refractivity contribution in [1.82, 2.24) is 4.98 Å². The third-order valence-corrected chi connectivity index (χ3v) is 3.97. The maximum Gasteiger partial charge on any atom is 0.226 e. The molecular formula is C15H15ClN2O3S. The van der Waals surface area contributed by atoms with E-state index in [1.165, 1.54) is 18.4 Å². The zero-order valence-electron chi connectivity index (χ0n) is 12.2. The normalized spacial score (nSPS) is 10.3. The number of aryl methyl sites for hydroxylation is 1. The number of anilines is 1. The second-order valence-corrected chi connectivity index (χ2v) is 6.26. The monoisotopic (exact) mass is 338 g/mol. The molecule has 2 rings (SSSR count). The Hall–Kier alpha value is -1.92. The van der Waals surface area contributed by atoms with Gasteiger partial charge in [-0.2, -0.15) is 0 Å². The molecule has 2 aromatic rings. The first kappa shape index (κ1) is 16.5. The molecule has 5 nitrogen and oxygen atoms in total. The molecule has 1 aromatic carbocycles. The van der Waals surface area contributed by atoms with Gasteiger partial charge in [0.25, 0.3) is 0 Å². The molecule has 1 N–H and O–H groups in total. The van der Waals surface area contributed by atoms with E-state index in [-0.39, 0.29) is 24.5 Å². The fourth-order valence-corrected chi connectivity index (χ4v) is 2.71. The van der Waals surface area contributed by atoms with E-state index in [0.717, 1.165) is 4.88 Å². The summed E-state index contributed by atoms with van der Waals surface area (Å²) < 4.78 is 5.14. The minimum Gasteiger partial charge on any atom is -0.496 e. The van der Waals surface area contributed by atoms with E-state index < -0.39 is 0 Å². The number of rotatable bonds is 6. The third kappa shape index (κ3) is 4.29. The predicted octanol–water partition coefficient (Wildman–Crippen LogP) is 3.72. The summed E-state index contributed by atoms with van der Waals surface area (Å²) in [5.74, 6) is 0.0128. The standard InChI is InChI=1S/C15H15ClN2O3S/c1-9-8-17-15(22-9)18-14(20)6-4-12(19)11-7-10(16)3-5-13(11)21-2/h3,5,7-8H,4,6H2,1-2H3,(H,17,18,20). The molecule has 1 amide bonds. The quantitative estimate of drug-likeness (QED) is 0.815. The number of nitrogens with zero attached hydrogens (tertiary/aromatic N) is 1. The van der Waals surface area contributed by atoms with Crippen molar-refractivity contribution in [3.8, 4) is 5.75 Å². The number of hydrogen-bond donors (Lipinski definition) is 1. The summed E-state index contributed by atoms with van der Waals surface area (Å²) in [6.07, 6.45) is 1.84. The van der Waals surface area contributed by atoms with Gasteiger partial charge in [-0.1, -0.05) is 11.6 Å². The molecule has 7 heteroatoms. The van der Waals surface area contributed by atoms with Crippen molar-refractivity contribution in [2.45, 2.75) is 19.8 Å². The highest BCUT2D eigenvalue weighted by molar-refractivity contribution is 7.15. The van der Waals surface area contributed by atoms with Gasteiger partial charge in [0.05, 0.1) is 12.7 Å². The second kappa shape index (κ2) is 7.38. The summed E-state index contributed by atoms with van der Waals surface area (Å²) in [5, 5.41) is 3.66. The Labute approximate surface area is 137 Å². The van der Waals surface area contributed by atoms with Crippen LogP contribution in [0.25, 0.3) is 0 Å². The molecule has 0 bridgehead atoms. The van der Waals surface area contributed by atoms with Gasteiger partial charge in [0.2, 0.25) is 5.91 Å². The van der Waals surface area contributed by atoms with E-state index in [4.69, 9.17) is 16.3 Å². The number of methoxy groups -OCH3 is 1. The Morgan fingerprint density at radius 2 is 2.14 bits per heavy atom. The molecule has 116 valence electrons. The first-order valence-corrected chi connectivity index (χ1v) is 7.78. The number of halogens is 1. The van der Waals surface area contributed by atoms with Crippen molar-refractivity contribution in [3.05, 3.63) is 39.9 Å². The number of hydrogen-bond acceptors (Lipinski definition) is 5. The molecule has 1 heterocycles. The summed E-state index contributed by atoms with van der Waals surface area (Å²) in [4.78, 5) is 29.1. The van der Waals surface area contributed by atoms with Crippen LogP contribution in [0, 0.1) is 6.92 Å². The van der Waals surface area contributed by atoms with Crippen LogP contribution in [0.3, 0.4) is 0 Å². The van der Waals surface area contributed by atoms with Gasteiger partial charge in [-0.25, -0.2) is 4.98 Å². The van der Waals surface area contributed by atoms with E-state index in [2.05, 4.69) is 10.3 Å². The Morgan fingerprint density at radius 3 is 2.77 bits per heavy atom. The summed E-state index contributed by atoms with van der Waals surface area (Å²) in [6, 6.07) is 4.83. The molecule has 1 aromatic heterocycles. The van der Waals surface area contributed by atoms with Crippen LogP contribution in [-0.2, 0) is 4.79 Å². The molecule has 0 unspecified atom stereocenters. The van der Waals surface area contributed by atoms with Crippen LogP contribution in [0.2, 0.25) is 5.02 Å². The van der Waals surface area contributed by atoms with E-state index in [9.17, 15) is 9.59 Å². The number of carbonyl (C=O) groups is 2. The number of nitrogens with one attached hydrogen (secondary N) is 1. The number of ketones is 1. The molecule has 0 aliphatic rings. The van der Waals surface area contributed by atoms with Crippen LogP contribution < -0.4 is 10.1 Å². The summed E-state index contributed by atoms with van der Waals surface area (Å²) >= 11 is 7.29. The Kier molecular flexibility index (Phi) is 5.51. The molecule has 0 aliphatic heterocycles. The number of benzene rings is 1. The number of Topliss-reactive ketones (excluding diaryl/α,β-unsaturated/α-hetero) is 1. The summed E-state index contributed by atoms with van der Waals surface area (Å²) in [6.45, 7) is 1.91. The minimum atomic E-state index is -0.247. The van der Waals surface area contributed by atoms with Crippen molar-refractivity contribution in [2.24, 2.45) is 0 Å². The summed E-state index contributed by atoms with van der Waals surface area (Å²) in [5.41, 5.74) is 0.382. The van der Waals surface area contributed by atoms with Gasteiger partial charge >= 0.3 is 0 Å². The first-order valence-electron chi connectivity index (χ1n) is 6.58. The molecule has 0 spiro atoms. The molecule has 22 heavy (non-hydrogen) atoms. The lowest BCUT2D eigenvalue weighted by Crippen LogP contribution is -2.13. The smallest absolute Gasteiger partial charge is 0.226 e. The third-order valence-electron chi connectivity index (χ3n) is 2.91. The van der Waals surface area contributed by atoms with Crippen molar-refractivity contribution >= 4 is 39.8 Å². The molecular weight excluding hydrogens is 324 g/mol. The van der Waals surface area contributed by atoms with Gasteiger partial charge in [0.15, 0.2) is 10.9 Å². The van der Waals surface area contributed by atoms with Crippen LogP contribution >= 0.6 is 22.9 Å². The predicted molar refractivity (Wildman–Crippen MR) is 87.0 cm³/mol. The van der Waals surface area contributed by atoms with Crippen molar-refractivity contribution < 1.29 is 14.3 Å². The number of thiazole rings is 1. The lowest BCUT2D eigenvalue weighted by molar-refractivity contribution is -0.116. The van der Waals surface area contributed by atoms with Gasteiger partial charge in [-0.3, -0.25) is 9.59 Å². The van der Waals surface area contributed by atoms with Crippen LogP contribution in [0.1, 0.15) is 28.1 Å². The highest BCUT2D eigenvalue weighted by Crippen LogP contribution is 2.24. The molecule has 0 fully saturated rings. The van der Waals surface area contributed by atoms with Crippen molar-refractivity contribution in [3.63, 3.8) is 0 Å². The van der Waals surface area contributed by atoms with Gasteiger partial charge in [0.1, 0.15) is 5.75 Å². The topological polar surface area (TPSA) is 68.3 Å². The number of amides is 1. The first-order chi connectivity index (χ1) is 10.5. The van der Waals surface area contributed by atoms with Crippen LogP contribution in [0.4, 0.5) is 5.13 Å². The van der Waals surface area contributed by atoms with Crippen LogP contribution in [0.15, 0.2) is 24.4 Å². The average molecular weight is 339 g/mol. The Bertz CT molecular complexity index is 700. The Morgan fingerprint density at radius 1 is 1.36 bits per heavy atom. The van der Waals surface area contributed by atoms with Crippen LogP contribution in [0.5, 0.6) is 5.75 Å². The number of carbonyl (C=O) groups excluding carboxylic acids is 2. The van der Waals surface area contributed by atoms with Gasteiger partial charge < -0.3 is 10.1 Å². The minimum absolute atomic E-state index is 0.0763. The summed E-state index contributed by atoms with van der Waals surface area (Å²) in [7, 11) is 1.48. The molecule has 0 atom stereocenters. The fraction of sp³-hybridized carbons (Fsp3) is 0.267. The Balaban J connectivity index is 1.95. The SMILES string of the molecule is COc1ccc(Cl)cc1C(=O)CCC(=O)Nc1ncc(C)s1. The van der Waals surface area contributed by atoms with Gasteiger partial charge in [-0.15, -0.1) is 11.3 Å². The average Bonchev–Trinajstić information content (AvgIpc) is 2.89. The van der Waals surface area contributed by atoms with Crippen LogP contribution in [-0.4, -0.2) is 23.8 Å². The lowest BCUT2D eigenvalue weighted by Gasteiger charge is -2.08. The molecule has 0 saturated carbocycles.